The molecule has 0 radical (unpaired) electrons. The summed E-state index contributed by atoms with van der Waals surface area (Å²) in [5, 5.41) is 10.7. The van der Waals surface area contributed by atoms with Crippen molar-refractivity contribution in [3.63, 3.8) is 0 Å². The Balaban J connectivity index is 1.09. The van der Waals surface area contributed by atoms with Gasteiger partial charge in [-0.05, 0) is 50.1 Å². The third-order valence-corrected chi connectivity index (χ3v) is 6.28. The number of aliphatic hydroxyl groups excluding tert-OH is 1. The van der Waals surface area contributed by atoms with Gasteiger partial charge in [0.2, 0.25) is 6.79 Å². The number of nitrogens with zero attached hydrogens (tertiary/aromatic N) is 2. The summed E-state index contributed by atoms with van der Waals surface area (Å²) in [6, 6.07) is 11.7. The monoisotopic (exact) mass is 423 g/mol. The van der Waals surface area contributed by atoms with Gasteiger partial charge in [-0.25, -0.2) is 0 Å². The van der Waals surface area contributed by atoms with Crippen LogP contribution >= 0.6 is 0 Å². The molecule has 0 aromatic heterocycles. The maximum absolute atomic E-state index is 10.7. The molecule has 164 valence electrons. The molecule has 0 spiro atoms. The lowest BCUT2D eigenvalue weighted by Crippen LogP contribution is -2.46. The van der Waals surface area contributed by atoms with E-state index in [2.05, 4.69) is 15.9 Å². The summed E-state index contributed by atoms with van der Waals surface area (Å²) in [4.78, 5) is 4.92. The van der Waals surface area contributed by atoms with Gasteiger partial charge in [-0.3, -0.25) is 4.90 Å². The zero-order valence-electron chi connectivity index (χ0n) is 17.7. The van der Waals surface area contributed by atoms with E-state index in [1.54, 1.807) is 6.07 Å². The molecule has 0 aliphatic carbocycles. The predicted octanol–water partition coefficient (Wildman–Crippen LogP) is 3.65. The van der Waals surface area contributed by atoms with E-state index in [0.29, 0.717) is 35.2 Å². The number of hydrogen-bond acceptors (Lipinski definition) is 7. The molecule has 1 saturated heterocycles. The van der Waals surface area contributed by atoms with Crippen LogP contribution in [-0.4, -0.2) is 56.1 Å². The average Bonchev–Trinajstić information content (AvgIpc) is 3.25. The Morgan fingerprint density at radius 2 is 1.71 bits per heavy atom. The summed E-state index contributed by atoms with van der Waals surface area (Å²) >= 11 is 0. The largest absolute Gasteiger partial charge is 0.507 e. The molecule has 7 heteroatoms. The van der Waals surface area contributed by atoms with Crippen LogP contribution < -0.4 is 24.8 Å². The quantitative estimate of drug-likeness (QED) is 0.542. The summed E-state index contributed by atoms with van der Waals surface area (Å²) < 4.78 is 16.7. The fourth-order valence-electron chi connectivity index (χ4n) is 4.47. The normalized spacial score (nSPS) is 18.1. The van der Waals surface area contributed by atoms with Crippen molar-refractivity contribution in [3.8, 4) is 17.2 Å². The number of nitrogen functional groups attached to an aromatic ring is 1. The minimum Gasteiger partial charge on any atom is -0.507 e. The average molecular weight is 424 g/mol. The van der Waals surface area contributed by atoms with Crippen LogP contribution in [-0.2, 0) is 0 Å². The van der Waals surface area contributed by atoms with Crippen molar-refractivity contribution in [1.29, 1.82) is 0 Å². The molecule has 0 saturated carbocycles. The zero-order chi connectivity index (χ0) is 21.2. The van der Waals surface area contributed by atoms with Gasteiger partial charge >= 0.3 is 0 Å². The second kappa shape index (κ2) is 8.59. The second-order valence-corrected chi connectivity index (χ2v) is 8.32. The van der Waals surface area contributed by atoms with E-state index in [4.69, 9.17) is 19.9 Å². The molecule has 5 rings (SSSR count). The molecule has 3 heterocycles. The number of aliphatic hydroxyl groups is 1. The van der Waals surface area contributed by atoms with E-state index < -0.39 is 0 Å². The molecule has 3 aliphatic rings. The smallest absolute Gasteiger partial charge is 0.231 e. The van der Waals surface area contributed by atoms with Crippen molar-refractivity contribution in [2.75, 3.05) is 56.8 Å². The number of ether oxygens (including phenoxy) is 3. The van der Waals surface area contributed by atoms with Crippen LogP contribution in [0.5, 0.6) is 17.2 Å². The first-order valence-corrected chi connectivity index (χ1v) is 11.0. The Kier molecular flexibility index (Phi) is 5.51. The van der Waals surface area contributed by atoms with Gasteiger partial charge in [-0.2, -0.15) is 0 Å². The van der Waals surface area contributed by atoms with Gasteiger partial charge in [0.25, 0.3) is 0 Å². The molecule has 0 unspecified atom stereocenters. The SMILES string of the molecule is Nc1cccc(N2CCN(CCCCC3=C(O)c4cc5c(cc4OC3)OCO5)CC2)c1. The topological polar surface area (TPSA) is 80.4 Å². The first-order valence-electron chi connectivity index (χ1n) is 11.0. The lowest BCUT2D eigenvalue weighted by molar-refractivity contribution is 0.174. The highest BCUT2D eigenvalue weighted by Crippen LogP contribution is 2.43. The van der Waals surface area contributed by atoms with Crippen molar-refractivity contribution in [2.45, 2.75) is 19.3 Å². The van der Waals surface area contributed by atoms with Crippen LogP contribution in [0.25, 0.3) is 5.76 Å². The molecule has 0 amide bonds. The van der Waals surface area contributed by atoms with E-state index in [1.165, 1.54) is 5.69 Å². The van der Waals surface area contributed by atoms with Gasteiger partial charge in [0.15, 0.2) is 11.5 Å². The third-order valence-electron chi connectivity index (χ3n) is 6.28. The summed E-state index contributed by atoms with van der Waals surface area (Å²) in [5.41, 5.74) is 9.60. The minimum absolute atomic E-state index is 0.212. The predicted molar refractivity (Wildman–Crippen MR) is 121 cm³/mol. The first kappa shape index (κ1) is 19.9. The van der Waals surface area contributed by atoms with Gasteiger partial charge in [0.1, 0.15) is 18.1 Å². The molecule has 0 atom stereocenters. The fourth-order valence-corrected chi connectivity index (χ4v) is 4.47. The maximum atomic E-state index is 10.7. The molecule has 2 aromatic rings. The highest BCUT2D eigenvalue weighted by molar-refractivity contribution is 5.72. The van der Waals surface area contributed by atoms with Crippen LogP contribution in [0.2, 0.25) is 0 Å². The fraction of sp³-hybridized carbons (Fsp3) is 0.417. The number of hydrogen-bond donors (Lipinski definition) is 2. The van der Waals surface area contributed by atoms with Crippen molar-refractivity contribution in [1.82, 2.24) is 4.90 Å². The molecule has 2 aromatic carbocycles. The molecule has 1 fully saturated rings. The summed E-state index contributed by atoms with van der Waals surface area (Å²) in [5.74, 6) is 2.32. The van der Waals surface area contributed by atoms with Gasteiger partial charge < -0.3 is 30.0 Å². The second-order valence-electron chi connectivity index (χ2n) is 8.32. The zero-order valence-corrected chi connectivity index (χ0v) is 17.7. The number of rotatable bonds is 6. The summed E-state index contributed by atoms with van der Waals surface area (Å²) in [7, 11) is 0. The van der Waals surface area contributed by atoms with Crippen molar-refractivity contribution in [2.24, 2.45) is 0 Å². The van der Waals surface area contributed by atoms with Gasteiger partial charge in [-0.1, -0.05) is 6.07 Å². The number of unbranched alkanes of at least 4 members (excludes halogenated alkanes) is 1. The molecular formula is C24H29N3O4. The van der Waals surface area contributed by atoms with Crippen LogP contribution in [0, 0.1) is 0 Å². The van der Waals surface area contributed by atoms with Gasteiger partial charge in [-0.15, -0.1) is 0 Å². The molecule has 31 heavy (non-hydrogen) atoms. The van der Waals surface area contributed by atoms with E-state index in [9.17, 15) is 5.11 Å². The number of anilines is 2. The van der Waals surface area contributed by atoms with E-state index >= 15 is 0 Å². The van der Waals surface area contributed by atoms with Gasteiger partial charge in [0.05, 0.1) is 5.56 Å². The lowest BCUT2D eigenvalue weighted by Gasteiger charge is -2.36. The van der Waals surface area contributed by atoms with Crippen molar-refractivity contribution < 1.29 is 19.3 Å². The van der Waals surface area contributed by atoms with Crippen LogP contribution in [0.4, 0.5) is 11.4 Å². The molecule has 7 nitrogen and oxygen atoms in total. The van der Waals surface area contributed by atoms with Crippen molar-refractivity contribution >= 4 is 17.1 Å². The number of nitrogens with two attached hydrogens (primary N) is 1. The molecule has 3 aliphatic heterocycles. The van der Waals surface area contributed by atoms with Crippen LogP contribution in [0.3, 0.4) is 0 Å². The highest BCUT2D eigenvalue weighted by atomic mass is 16.7. The van der Waals surface area contributed by atoms with E-state index in [-0.39, 0.29) is 6.79 Å². The standard InChI is InChI=1S/C24H29N3O4/c25-18-5-3-6-19(12-18)27-10-8-26(9-11-27)7-2-1-4-17-15-29-21-14-23-22(30-16-31-23)13-20(21)24(17)28/h3,5-6,12-14,28H,1-2,4,7-11,15-16,25H2. The van der Waals surface area contributed by atoms with Crippen molar-refractivity contribution in [3.05, 3.63) is 47.5 Å². The van der Waals surface area contributed by atoms with Crippen LogP contribution in [0.1, 0.15) is 24.8 Å². The van der Waals surface area contributed by atoms with E-state index in [0.717, 1.165) is 63.2 Å². The molecule has 3 N–H and O–H groups in total. The Labute approximate surface area is 182 Å². The number of benzene rings is 2. The Bertz CT molecular complexity index is 983. The van der Waals surface area contributed by atoms with Gasteiger partial charge in [0, 0.05) is 49.2 Å². The Hall–Kier alpha value is -3.06. The summed E-state index contributed by atoms with van der Waals surface area (Å²) in [6.45, 7) is 5.89. The number of piperazine rings is 1. The molecular weight excluding hydrogens is 394 g/mol. The van der Waals surface area contributed by atoms with E-state index in [1.807, 2.05) is 24.3 Å². The molecule has 0 bridgehead atoms. The lowest BCUT2D eigenvalue weighted by atomic mass is 10.00. The number of fused-ring (bicyclic) bond motifs is 2. The highest BCUT2D eigenvalue weighted by Gasteiger charge is 2.25. The minimum atomic E-state index is 0.212. The first-order chi connectivity index (χ1) is 15.2. The Morgan fingerprint density at radius 3 is 2.52 bits per heavy atom. The van der Waals surface area contributed by atoms with Crippen LogP contribution in [0.15, 0.2) is 42.0 Å². The third kappa shape index (κ3) is 4.23. The Morgan fingerprint density at radius 1 is 0.903 bits per heavy atom. The maximum Gasteiger partial charge on any atom is 0.231 e. The summed E-state index contributed by atoms with van der Waals surface area (Å²) in [6.07, 6.45) is 2.96.